The molecule has 0 radical (unpaired) electrons. The lowest BCUT2D eigenvalue weighted by atomic mass is 10.1. The Labute approximate surface area is 266 Å². The number of thiazole rings is 2. The Hall–Kier alpha value is -5.01. The molecular formula is C33H25N5O5S2. The Morgan fingerprint density at radius 2 is 1.20 bits per heavy atom. The molecule has 4 aromatic heterocycles. The fourth-order valence-electron chi connectivity index (χ4n) is 4.56. The van der Waals surface area contributed by atoms with Gasteiger partial charge in [-0.1, -0.05) is 24.3 Å². The van der Waals surface area contributed by atoms with Crippen LogP contribution in [0.4, 0.5) is 0 Å². The van der Waals surface area contributed by atoms with Gasteiger partial charge in [-0.15, -0.1) is 27.7 Å². The number of esters is 1. The minimum atomic E-state index is -1.34. The summed E-state index contributed by atoms with van der Waals surface area (Å²) >= 11 is 3.02. The summed E-state index contributed by atoms with van der Waals surface area (Å²) in [5.74, 6) is 1.08. The molecule has 45 heavy (non-hydrogen) atoms. The van der Waals surface area contributed by atoms with Gasteiger partial charge in [-0.3, -0.25) is 14.8 Å². The van der Waals surface area contributed by atoms with Gasteiger partial charge in [0.25, 0.3) is 5.72 Å². The average Bonchev–Trinajstić information content (AvgIpc) is 3.40. The van der Waals surface area contributed by atoms with Crippen molar-refractivity contribution < 1.29 is 23.8 Å². The van der Waals surface area contributed by atoms with Gasteiger partial charge >= 0.3 is 5.97 Å². The minimum absolute atomic E-state index is 0.314. The van der Waals surface area contributed by atoms with Crippen molar-refractivity contribution in [2.75, 3.05) is 7.05 Å². The van der Waals surface area contributed by atoms with Crippen LogP contribution in [0.15, 0.2) is 108 Å². The highest BCUT2D eigenvalue weighted by molar-refractivity contribution is 7.10. The predicted octanol–water partition coefficient (Wildman–Crippen LogP) is 6.52. The van der Waals surface area contributed by atoms with E-state index in [0.29, 0.717) is 36.0 Å². The van der Waals surface area contributed by atoms with Crippen LogP contribution >= 0.6 is 22.7 Å². The molecule has 2 aromatic carbocycles. The number of aromatic nitrogens is 4. The molecule has 0 spiro atoms. The van der Waals surface area contributed by atoms with E-state index in [1.807, 2.05) is 47.2 Å². The second kappa shape index (κ2) is 12.5. The van der Waals surface area contributed by atoms with E-state index >= 15 is 0 Å². The van der Waals surface area contributed by atoms with E-state index in [-0.39, 0.29) is 0 Å². The monoisotopic (exact) mass is 635 g/mol. The van der Waals surface area contributed by atoms with E-state index < -0.39 is 11.7 Å². The number of carbonyl (C=O) groups excluding carboxylic acids is 1. The second-order valence-corrected chi connectivity index (χ2v) is 11.8. The van der Waals surface area contributed by atoms with Crippen LogP contribution in [-0.2, 0) is 28.6 Å². The van der Waals surface area contributed by atoms with Gasteiger partial charge < -0.3 is 14.2 Å². The minimum Gasteiger partial charge on any atom is -0.486 e. The first-order valence-electron chi connectivity index (χ1n) is 13.9. The maximum Gasteiger partial charge on any atom is 0.368 e. The topological polar surface area (TPSA) is 112 Å². The number of benzene rings is 2. The van der Waals surface area contributed by atoms with Crippen molar-refractivity contribution in [3.63, 3.8) is 0 Å². The first-order valence-corrected chi connectivity index (χ1v) is 15.7. The Balaban J connectivity index is 0.932. The molecule has 1 saturated heterocycles. The lowest BCUT2D eigenvalue weighted by Crippen LogP contribution is -2.30. The first-order chi connectivity index (χ1) is 22.1. The van der Waals surface area contributed by atoms with Gasteiger partial charge in [0.15, 0.2) is 0 Å². The molecule has 0 bridgehead atoms. The zero-order valence-corrected chi connectivity index (χ0v) is 25.5. The molecule has 224 valence electrons. The van der Waals surface area contributed by atoms with Crippen molar-refractivity contribution in [3.05, 3.63) is 124 Å². The van der Waals surface area contributed by atoms with Crippen LogP contribution in [-0.4, -0.2) is 38.0 Å². The lowest BCUT2D eigenvalue weighted by Gasteiger charge is -2.13. The lowest BCUT2D eigenvalue weighted by molar-refractivity contribution is -0.141. The van der Waals surface area contributed by atoms with E-state index in [9.17, 15) is 4.79 Å². The summed E-state index contributed by atoms with van der Waals surface area (Å²) in [6, 6.07) is 25.5. The van der Waals surface area contributed by atoms with E-state index in [1.54, 1.807) is 68.0 Å². The third-order valence-electron chi connectivity index (χ3n) is 6.92. The van der Waals surface area contributed by atoms with Gasteiger partial charge in [-0.2, -0.15) is 0 Å². The highest BCUT2D eigenvalue weighted by Crippen LogP contribution is 2.45. The van der Waals surface area contributed by atoms with Gasteiger partial charge in [-0.05, 0) is 60.7 Å². The Morgan fingerprint density at radius 1 is 0.711 bits per heavy atom. The first kappa shape index (κ1) is 28.7. The van der Waals surface area contributed by atoms with Gasteiger partial charge in [0.1, 0.15) is 40.5 Å². The molecule has 2 atom stereocenters. The quantitative estimate of drug-likeness (QED) is 0.0886. The average molecular weight is 636 g/mol. The van der Waals surface area contributed by atoms with Crippen molar-refractivity contribution in [1.82, 2.24) is 25.0 Å². The van der Waals surface area contributed by atoms with E-state index in [4.69, 9.17) is 19.0 Å². The van der Waals surface area contributed by atoms with E-state index in [2.05, 4.69) is 19.9 Å². The molecule has 5 heterocycles. The molecule has 0 saturated carbocycles. The van der Waals surface area contributed by atoms with Crippen molar-refractivity contribution in [1.29, 1.82) is 0 Å². The third-order valence-corrected chi connectivity index (χ3v) is 8.56. The molecule has 0 aliphatic carbocycles. The molecule has 0 amide bonds. The number of rotatable bonds is 11. The molecule has 2 unspecified atom stereocenters. The largest absolute Gasteiger partial charge is 0.486 e. The maximum atomic E-state index is 13.3. The molecule has 1 aliphatic heterocycles. The number of pyridine rings is 2. The van der Waals surface area contributed by atoms with Gasteiger partial charge in [0.2, 0.25) is 0 Å². The van der Waals surface area contributed by atoms with Crippen molar-refractivity contribution in [3.8, 4) is 40.0 Å². The summed E-state index contributed by atoms with van der Waals surface area (Å²) in [5.41, 5.74) is 2.57. The van der Waals surface area contributed by atoms with Crippen LogP contribution in [0.5, 0.6) is 17.2 Å². The summed E-state index contributed by atoms with van der Waals surface area (Å²) in [6.07, 6.45) is 3.48. The van der Waals surface area contributed by atoms with Crippen LogP contribution in [0.25, 0.3) is 22.8 Å². The van der Waals surface area contributed by atoms with Crippen LogP contribution in [0.3, 0.4) is 0 Å². The fourth-order valence-corrected chi connectivity index (χ4v) is 5.96. The molecule has 1 fully saturated rings. The van der Waals surface area contributed by atoms with Gasteiger partial charge in [0, 0.05) is 35.8 Å². The Bertz CT molecular complexity index is 1900. The van der Waals surface area contributed by atoms with Crippen LogP contribution < -0.4 is 14.2 Å². The summed E-state index contributed by atoms with van der Waals surface area (Å²) in [7, 11) is 1.68. The molecular weight excluding hydrogens is 611 g/mol. The summed E-state index contributed by atoms with van der Waals surface area (Å²) < 4.78 is 17.5. The van der Waals surface area contributed by atoms with Gasteiger partial charge in [0.05, 0.1) is 22.8 Å². The van der Waals surface area contributed by atoms with Crippen molar-refractivity contribution in [2.24, 2.45) is 0 Å². The molecule has 1 aliphatic rings. The Morgan fingerprint density at radius 3 is 1.67 bits per heavy atom. The highest BCUT2D eigenvalue weighted by atomic mass is 32.1. The molecule has 7 rings (SSSR count). The molecule has 0 N–H and O–H groups in total. The normalized spacial score (nSPS) is 17.0. The third kappa shape index (κ3) is 6.30. The number of nitrogens with zero attached hydrogens (tertiary/aromatic N) is 5. The van der Waals surface area contributed by atoms with Gasteiger partial charge in [-0.25, -0.2) is 14.8 Å². The zero-order chi connectivity index (χ0) is 30.6. The number of likely N-dealkylation sites (N-methyl/N-ethyl adjacent to an activating group) is 1. The Kier molecular flexibility index (Phi) is 8.01. The summed E-state index contributed by atoms with van der Waals surface area (Å²) in [6.45, 7) is 0.629. The van der Waals surface area contributed by atoms with Crippen LogP contribution in [0, 0.1) is 0 Å². The smallest absolute Gasteiger partial charge is 0.368 e. The standard InChI is InChI=1S/C33H25N5O5S2/c1-38-33(43-38,22-8-10-23(11-9-22)40-18-30-36-28(20-44-30)26-6-2-4-16-34-26)32(39)42-25-14-12-24(13-15-25)41-19-31-37-29(21-45-31)27-7-3-5-17-35-27/h2-17,20-21H,18-19H2,1H3. The highest BCUT2D eigenvalue weighted by Gasteiger charge is 2.62. The number of carbonyl (C=O) groups is 1. The number of hydroxylamine groups is 2. The second-order valence-electron chi connectivity index (χ2n) is 9.88. The number of ether oxygens (including phenoxy) is 3. The SMILES string of the molecule is CN1OC1(C(=O)Oc1ccc(OCc2nc(-c3ccccn3)cs2)cc1)c1ccc(OCc2nc(-c3ccccn3)cs2)cc1. The predicted molar refractivity (Wildman–Crippen MR) is 168 cm³/mol. The summed E-state index contributed by atoms with van der Waals surface area (Å²) in [5, 5.41) is 7.04. The van der Waals surface area contributed by atoms with Crippen molar-refractivity contribution in [2.45, 2.75) is 18.9 Å². The fraction of sp³-hybridized carbons (Fsp3) is 0.121. The molecule has 12 heteroatoms. The van der Waals surface area contributed by atoms with E-state index in [1.165, 1.54) is 27.7 Å². The number of hydrogen-bond acceptors (Lipinski definition) is 12. The number of hydrogen-bond donors (Lipinski definition) is 0. The molecule has 10 nitrogen and oxygen atoms in total. The van der Waals surface area contributed by atoms with Crippen LogP contribution in [0.1, 0.15) is 15.6 Å². The molecule has 6 aromatic rings. The summed E-state index contributed by atoms with van der Waals surface area (Å²) in [4.78, 5) is 36.8. The van der Waals surface area contributed by atoms with E-state index in [0.717, 1.165) is 32.8 Å². The van der Waals surface area contributed by atoms with Crippen molar-refractivity contribution >= 4 is 28.6 Å². The van der Waals surface area contributed by atoms with Crippen LogP contribution in [0.2, 0.25) is 0 Å². The maximum absolute atomic E-state index is 13.3. The zero-order valence-electron chi connectivity index (χ0n) is 23.9.